The molecule has 24 heavy (non-hydrogen) atoms. The number of ether oxygens (including phenoxy) is 2. The highest BCUT2D eigenvalue weighted by Crippen LogP contribution is 2.61. The summed E-state index contributed by atoms with van der Waals surface area (Å²) < 4.78 is 10.7. The number of hydrogen-bond acceptors (Lipinski definition) is 2. The summed E-state index contributed by atoms with van der Waals surface area (Å²) in [6.07, 6.45) is 6.50. The maximum absolute atomic E-state index is 5.33. The first-order valence-corrected chi connectivity index (χ1v) is 9.03. The van der Waals surface area contributed by atoms with Crippen LogP contribution in [-0.2, 0) is 5.41 Å². The van der Waals surface area contributed by atoms with Crippen LogP contribution in [0.3, 0.4) is 0 Å². The fourth-order valence-electron chi connectivity index (χ4n) is 3.97. The lowest BCUT2D eigenvalue weighted by Crippen LogP contribution is -2.12. The van der Waals surface area contributed by atoms with Crippen molar-refractivity contribution in [3.63, 3.8) is 0 Å². The lowest BCUT2D eigenvalue weighted by molar-refractivity contribution is 0.414. The standard InChI is InChI=1S/C22H28O2/c1-4-5-6-7-19-16-22(19,17-8-12-20(23-2)13-9-17)18-10-14-21(24-3)15-11-18/h8-15,19H,4-7,16H2,1-3H3. The van der Waals surface area contributed by atoms with Gasteiger partial charge in [-0.25, -0.2) is 0 Å². The van der Waals surface area contributed by atoms with Crippen LogP contribution in [0, 0.1) is 5.92 Å². The van der Waals surface area contributed by atoms with E-state index in [9.17, 15) is 0 Å². The van der Waals surface area contributed by atoms with Crippen molar-refractivity contribution in [1.29, 1.82) is 0 Å². The van der Waals surface area contributed by atoms with Gasteiger partial charge in [-0.1, -0.05) is 50.5 Å². The lowest BCUT2D eigenvalue weighted by atomic mass is 9.84. The quantitative estimate of drug-likeness (QED) is 0.589. The van der Waals surface area contributed by atoms with Gasteiger partial charge in [-0.3, -0.25) is 0 Å². The summed E-state index contributed by atoms with van der Waals surface area (Å²) >= 11 is 0. The second kappa shape index (κ2) is 7.29. The zero-order chi connectivity index (χ0) is 17.0. The Bertz CT molecular complexity index is 595. The molecule has 0 aliphatic heterocycles. The SMILES string of the molecule is CCCCCC1CC1(c1ccc(OC)cc1)c1ccc(OC)cc1. The summed E-state index contributed by atoms with van der Waals surface area (Å²) in [7, 11) is 3.44. The third kappa shape index (κ3) is 3.15. The molecule has 0 spiro atoms. The van der Waals surface area contributed by atoms with Crippen LogP contribution in [0.5, 0.6) is 11.5 Å². The Kier molecular flexibility index (Phi) is 5.13. The van der Waals surface area contributed by atoms with E-state index in [4.69, 9.17) is 9.47 Å². The van der Waals surface area contributed by atoms with Crippen molar-refractivity contribution in [3.8, 4) is 11.5 Å². The molecule has 0 saturated heterocycles. The Labute approximate surface area is 145 Å². The second-order valence-electron chi connectivity index (χ2n) is 6.83. The highest BCUT2D eigenvalue weighted by Gasteiger charge is 2.55. The van der Waals surface area contributed by atoms with Gasteiger partial charge in [0.15, 0.2) is 0 Å². The van der Waals surface area contributed by atoms with Gasteiger partial charge in [-0.05, 0) is 54.2 Å². The van der Waals surface area contributed by atoms with Gasteiger partial charge in [-0.15, -0.1) is 0 Å². The van der Waals surface area contributed by atoms with Gasteiger partial charge in [-0.2, -0.15) is 0 Å². The first-order chi connectivity index (χ1) is 11.7. The minimum absolute atomic E-state index is 0.173. The van der Waals surface area contributed by atoms with E-state index in [0.29, 0.717) is 0 Å². The minimum atomic E-state index is 0.173. The first kappa shape index (κ1) is 16.9. The molecule has 1 aliphatic rings. The van der Waals surface area contributed by atoms with Crippen LogP contribution >= 0.6 is 0 Å². The van der Waals surface area contributed by atoms with E-state index in [1.807, 2.05) is 0 Å². The molecule has 2 heteroatoms. The zero-order valence-corrected chi connectivity index (χ0v) is 15.0. The number of hydrogen-bond donors (Lipinski definition) is 0. The Morgan fingerprint density at radius 2 is 1.33 bits per heavy atom. The van der Waals surface area contributed by atoms with Crippen molar-refractivity contribution in [3.05, 3.63) is 59.7 Å². The van der Waals surface area contributed by atoms with Gasteiger partial charge in [0.25, 0.3) is 0 Å². The van der Waals surface area contributed by atoms with Gasteiger partial charge < -0.3 is 9.47 Å². The normalized spacial score (nSPS) is 18.2. The van der Waals surface area contributed by atoms with E-state index in [-0.39, 0.29) is 5.41 Å². The second-order valence-corrected chi connectivity index (χ2v) is 6.83. The molecular formula is C22H28O2. The Morgan fingerprint density at radius 1 is 0.833 bits per heavy atom. The third-order valence-corrected chi connectivity index (χ3v) is 5.47. The highest BCUT2D eigenvalue weighted by atomic mass is 16.5. The number of unbranched alkanes of at least 4 members (excludes halogenated alkanes) is 2. The van der Waals surface area contributed by atoms with E-state index in [2.05, 4.69) is 55.5 Å². The van der Waals surface area contributed by atoms with Crippen molar-refractivity contribution >= 4 is 0 Å². The monoisotopic (exact) mass is 324 g/mol. The molecular weight excluding hydrogens is 296 g/mol. The van der Waals surface area contributed by atoms with Gasteiger partial charge in [0.05, 0.1) is 14.2 Å². The summed E-state index contributed by atoms with van der Waals surface area (Å²) in [6, 6.07) is 17.3. The van der Waals surface area contributed by atoms with Crippen LogP contribution < -0.4 is 9.47 Å². The fraction of sp³-hybridized carbons (Fsp3) is 0.455. The molecule has 3 rings (SSSR count). The zero-order valence-electron chi connectivity index (χ0n) is 15.0. The Hall–Kier alpha value is -1.96. The molecule has 1 aliphatic carbocycles. The molecule has 0 amide bonds. The maximum atomic E-state index is 5.33. The molecule has 1 unspecified atom stereocenters. The molecule has 0 bridgehead atoms. The van der Waals surface area contributed by atoms with Crippen molar-refractivity contribution in [2.75, 3.05) is 14.2 Å². The van der Waals surface area contributed by atoms with Crippen LogP contribution in [0.15, 0.2) is 48.5 Å². The fourth-order valence-corrected chi connectivity index (χ4v) is 3.97. The summed E-state index contributed by atoms with van der Waals surface area (Å²) in [4.78, 5) is 0. The predicted octanol–water partition coefficient (Wildman–Crippen LogP) is 5.59. The van der Waals surface area contributed by atoms with E-state index in [0.717, 1.165) is 17.4 Å². The van der Waals surface area contributed by atoms with Gasteiger partial charge in [0.2, 0.25) is 0 Å². The lowest BCUT2D eigenvalue weighted by Gasteiger charge is -2.20. The maximum Gasteiger partial charge on any atom is 0.118 e. The van der Waals surface area contributed by atoms with E-state index < -0.39 is 0 Å². The molecule has 128 valence electrons. The van der Waals surface area contributed by atoms with Crippen molar-refractivity contribution in [1.82, 2.24) is 0 Å². The largest absolute Gasteiger partial charge is 0.497 e. The Balaban J connectivity index is 1.89. The summed E-state index contributed by atoms with van der Waals surface area (Å²) in [5, 5.41) is 0. The summed E-state index contributed by atoms with van der Waals surface area (Å²) in [5.74, 6) is 2.59. The number of methoxy groups -OCH3 is 2. The molecule has 0 N–H and O–H groups in total. The molecule has 1 saturated carbocycles. The average molecular weight is 324 g/mol. The molecule has 2 nitrogen and oxygen atoms in total. The van der Waals surface area contributed by atoms with E-state index >= 15 is 0 Å². The topological polar surface area (TPSA) is 18.5 Å². The van der Waals surface area contributed by atoms with Crippen LogP contribution in [0.2, 0.25) is 0 Å². The van der Waals surface area contributed by atoms with Crippen molar-refractivity contribution < 1.29 is 9.47 Å². The van der Waals surface area contributed by atoms with Gasteiger partial charge in [0.1, 0.15) is 11.5 Å². The van der Waals surface area contributed by atoms with Gasteiger partial charge in [0, 0.05) is 5.41 Å². The van der Waals surface area contributed by atoms with Crippen LogP contribution in [0.25, 0.3) is 0 Å². The van der Waals surface area contributed by atoms with Crippen LogP contribution in [0.1, 0.15) is 50.2 Å². The average Bonchev–Trinajstić information content (AvgIpc) is 3.37. The van der Waals surface area contributed by atoms with E-state index in [1.54, 1.807) is 14.2 Å². The van der Waals surface area contributed by atoms with Crippen molar-refractivity contribution in [2.24, 2.45) is 5.92 Å². The Morgan fingerprint density at radius 3 is 1.75 bits per heavy atom. The number of rotatable bonds is 8. The third-order valence-electron chi connectivity index (χ3n) is 5.47. The molecule has 2 aromatic rings. The smallest absolute Gasteiger partial charge is 0.118 e. The molecule has 1 fully saturated rings. The van der Waals surface area contributed by atoms with Crippen molar-refractivity contribution in [2.45, 2.75) is 44.4 Å². The molecule has 2 aromatic carbocycles. The van der Waals surface area contributed by atoms with Gasteiger partial charge >= 0.3 is 0 Å². The van der Waals surface area contributed by atoms with E-state index in [1.165, 1.54) is 43.2 Å². The highest BCUT2D eigenvalue weighted by molar-refractivity contribution is 5.49. The molecule has 0 heterocycles. The predicted molar refractivity (Wildman–Crippen MR) is 99.0 cm³/mol. The molecule has 0 aromatic heterocycles. The van der Waals surface area contributed by atoms with Crippen LogP contribution in [0.4, 0.5) is 0 Å². The first-order valence-electron chi connectivity index (χ1n) is 9.03. The summed E-state index contributed by atoms with van der Waals surface area (Å²) in [5.41, 5.74) is 3.00. The minimum Gasteiger partial charge on any atom is -0.497 e. The number of benzene rings is 2. The molecule has 1 atom stereocenters. The summed E-state index contributed by atoms with van der Waals surface area (Å²) in [6.45, 7) is 2.27. The van der Waals surface area contributed by atoms with Crippen LogP contribution in [-0.4, -0.2) is 14.2 Å². The molecule has 0 radical (unpaired) electrons.